The van der Waals surface area contributed by atoms with Crippen molar-refractivity contribution in [3.05, 3.63) is 51.0 Å². The van der Waals surface area contributed by atoms with Crippen LogP contribution < -0.4 is 10.1 Å². The molecule has 176 valence electrons. The number of aryl methyl sites for hydroxylation is 1. The minimum atomic E-state index is -0.657. The van der Waals surface area contributed by atoms with Crippen LogP contribution in [0.3, 0.4) is 0 Å². The fourth-order valence-electron chi connectivity index (χ4n) is 4.36. The van der Waals surface area contributed by atoms with Gasteiger partial charge < -0.3 is 14.7 Å². The van der Waals surface area contributed by atoms with Gasteiger partial charge in [-0.1, -0.05) is 6.07 Å². The number of hydrogen-bond acceptors (Lipinski definition) is 7. The van der Waals surface area contributed by atoms with E-state index in [-0.39, 0.29) is 18.2 Å². The Balaban J connectivity index is 1.31. The number of ether oxygens (including phenoxy) is 1. The molecule has 0 atom stereocenters. The molecule has 1 aromatic heterocycles. The summed E-state index contributed by atoms with van der Waals surface area (Å²) in [5.74, 6) is 0.666. The molecule has 7 nitrogen and oxygen atoms in total. The van der Waals surface area contributed by atoms with E-state index in [1.54, 1.807) is 17.4 Å². The summed E-state index contributed by atoms with van der Waals surface area (Å²) in [5.41, 5.74) is 2.58. The lowest BCUT2D eigenvalue weighted by Gasteiger charge is -2.34. The van der Waals surface area contributed by atoms with Crippen molar-refractivity contribution in [2.75, 3.05) is 19.6 Å². The number of nitrogens with one attached hydrogen (secondary N) is 1. The Morgan fingerprint density at radius 2 is 2.06 bits per heavy atom. The molecule has 2 saturated heterocycles. The van der Waals surface area contributed by atoms with Gasteiger partial charge in [0.2, 0.25) is 5.91 Å². The minimum absolute atomic E-state index is 0.126. The number of thiazole rings is 1. The van der Waals surface area contributed by atoms with Crippen LogP contribution in [0.5, 0.6) is 5.75 Å². The van der Waals surface area contributed by atoms with Crippen molar-refractivity contribution in [1.29, 1.82) is 0 Å². The number of β-amino-alcohol motifs (C(OH)–C–C–N with tert-alkyl or cyclic N) is 1. The lowest BCUT2D eigenvalue weighted by atomic mass is 9.96. The van der Waals surface area contributed by atoms with E-state index in [9.17, 15) is 14.7 Å². The Bertz CT molecular complexity index is 1060. The molecular weight excluding hydrogens is 438 g/mol. The molecule has 4 rings (SSSR count). The molecule has 0 saturated carbocycles. The summed E-state index contributed by atoms with van der Waals surface area (Å²) in [6.45, 7) is 8.76. The molecular formula is C25H31N3O4S. The highest BCUT2D eigenvalue weighted by atomic mass is 32.1. The summed E-state index contributed by atoms with van der Waals surface area (Å²) in [6.07, 6.45) is 3.99. The van der Waals surface area contributed by atoms with Crippen LogP contribution in [-0.2, 0) is 16.2 Å². The summed E-state index contributed by atoms with van der Waals surface area (Å²) in [6, 6.07) is 5.73. The summed E-state index contributed by atoms with van der Waals surface area (Å²) >= 11 is 1.70. The first-order chi connectivity index (χ1) is 15.7. The van der Waals surface area contributed by atoms with Crippen molar-refractivity contribution in [2.24, 2.45) is 0 Å². The van der Waals surface area contributed by atoms with Crippen molar-refractivity contribution in [3.8, 4) is 5.75 Å². The van der Waals surface area contributed by atoms with Crippen LogP contribution >= 0.6 is 11.3 Å². The first-order valence-corrected chi connectivity index (χ1v) is 12.2. The third-order valence-corrected chi connectivity index (χ3v) is 6.98. The molecule has 0 bridgehead atoms. The number of likely N-dealkylation sites (tertiary alicyclic amines) is 1. The van der Waals surface area contributed by atoms with E-state index in [4.69, 9.17) is 9.72 Å². The van der Waals surface area contributed by atoms with Crippen molar-refractivity contribution in [1.82, 2.24) is 15.2 Å². The van der Waals surface area contributed by atoms with Crippen molar-refractivity contribution >= 4 is 29.2 Å². The minimum Gasteiger partial charge on any atom is -0.487 e. The third-order valence-electron chi connectivity index (χ3n) is 5.93. The Morgan fingerprint density at radius 3 is 2.70 bits per heavy atom. The summed E-state index contributed by atoms with van der Waals surface area (Å²) in [5, 5.41) is 15.6. The molecule has 0 unspecified atom stereocenters. The average Bonchev–Trinajstić information content (AvgIpc) is 3.33. The molecule has 2 amide bonds. The number of carbonyl (C=O) groups excluding carboxylic acids is 2. The molecule has 0 radical (unpaired) electrons. The lowest BCUT2D eigenvalue weighted by Crippen LogP contribution is -2.42. The van der Waals surface area contributed by atoms with Crippen molar-refractivity contribution in [3.63, 3.8) is 0 Å². The zero-order valence-electron chi connectivity index (χ0n) is 19.4. The van der Waals surface area contributed by atoms with Gasteiger partial charge in [0.25, 0.3) is 5.91 Å². The second-order valence-corrected chi connectivity index (χ2v) is 10.5. The molecule has 2 aromatic rings. The maximum atomic E-state index is 11.7. The van der Waals surface area contributed by atoms with Gasteiger partial charge in [-0.05, 0) is 76.0 Å². The zero-order chi connectivity index (χ0) is 23.6. The van der Waals surface area contributed by atoms with Crippen LogP contribution in [0.1, 0.15) is 60.9 Å². The number of imide groups is 1. The van der Waals surface area contributed by atoms with Gasteiger partial charge in [-0.15, -0.1) is 11.3 Å². The largest absolute Gasteiger partial charge is 0.487 e. The smallest absolute Gasteiger partial charge is 0.254 e. The predicted octanol–water partition coefficient (Wildman–Crippen LogP) is 3.41. The number of benzene rings is 1. The second-order valence-electron chi connectivity index (χ2n) is 9.58. The number of nitrogens with zero attached hydrogens (tertiary/aromatic N) is 2. The van der Waals surface area contributed by atoms with Gasteiger partial charge in [-0.2, -0.15) is 0 Å². The van der Waals surface area contributed by atoms with Gasteiger partial charge in [0.15, 0.2) is 0 Å². The number of aliphatic hydroxyl groups is 1. The van der Waals surface area contributed by atoms with Crippen LogP contribution in [0.2, 0.25) is 0 Å². The van der Waals surface area contributed by atoms with Gasteiger partial charge in [0, 0.05) is 23.4 Å². The highest BCUT2D eigenvalue weighted by Crippen LogP contribution is 2.31. The Labute approximate surface area is 198 Å². The van der Waals surface area contributed by atoms with Crippen molar-refractivity contribution in [2.45, 2.75) is 58.2 Å². The fourth-order valence-corrected chi connectivity index (χ4v) is 5.34. The summed E-state index contributed by atoms with van der Waals surface area (Å²) in [4.78, 5) is 30.2. The highest BCUT2D eigenvalue weighted by Gasteiger charge is 2.26. The molecule has 2 N–H and O–H groups in total. The molecule has 0 aliphatic carbocycles. The molecule has 33 heavy (non-hydrogen) atoms. The molecule has 3 heterocycles. The Kier molecular flexibility index (Phi) is 6.97. The van der Waals surface area contributed by atoms with Crippen LogP contribution in [0.15, 0.2) is 29.2 Å². The Morgan fingerprint density at radius 1 is 1.30 bits per heavy atom. The van der Waals surface area contributed by atoms with Crippen LogP contribution in [0, 0.1) is 6.92 Å². The standard InChI is InChI=1S/C25H31N3O4S/c1-16-10-17(11-19-12-22(29)27-23(19)30)4-5-21(16)32-13-20-14-33-24(26-20)18-6-8-28(9-7-18)15-25(2,3)31/h4-5,10-11,14,18,31H,6-9,12-13,15H2,1-3H3,(H,27,29,30)/b19-11+. The third kappa shape index (κ3) is 6.28. The number of aromatic nitrogens is 1. The fraction of sp³-hybridized carbons (Fsp3) is 0.480. The quantitative estimate of drug-likeness (QED) is 0.477. The number of hydrogen-bond donors (Lipinski definition) is 2. The van der Waals surface area contributed by atoms with Gasteiger partial charge in [0.1, 0.15) is 12.4 Å². The zero-order valence-corrected chi connectivity index (χ0v) is 20.2. The van der Waals surface area contributed by atoms with E-state index in [0.717, 1.165) is 48.5 Å². The molecule has 2 fully saturated rings. The predicted molar refractivity (Wildman–Crippen MR) is 128 cm³/mol. The lowest BCUT2D eigenvalue weighted by molar-refractivity contribution is -0.124. The van der Waals surface area contributed by atoms with Gasteiger partial charge in [-0.3, -0.25) is 14.9 Å². The van der Waals surface area contributed by atoms with Crippen LogP contribution in [-0.4, -0.2) is 52.0 Å². The number of amides is 2. The maximum Gasteiger partial charge on any atom is 0.254 e. The van der Waals surface area contributed by atoms with E-state index in [2.05, 4.69) is 15.6 Å². The molecule has 2 aliphatic rings. The van der Waals surface area contributed by atoms with Crippen molar-refractivity contribution < 1.29 is 19.4 Å². The molecule has 0 spiro atoms. The normalized spacial score (nSPS) is 19.3. The van der Waals surface area contributed by atoms with Gasteiger partial charge >= 0.3 is 0 Å². The summed E-state index contributed by atoms with van der Waals surface area (Å²) < 4.78 is 6.01. The molecule has 1 aromatic carbocycles. The highest BCUT2D eigenvalue weighted by molar-refractivity contribution is 7.09. The second kappa shape index (κ2) is 9.75. The molecule has 8 heteroatoms. The number of rotatable bonds is 7. The van der Waals surface area contributed by atoms with E-state index in [1.807, 2.05) is 39.0 Å². The first-order valence-electron chi connectivity index (χ1n) is 11.3. The number of piperidine rings is 1. The van der Waals surface area contributed by atoms with E-state index >= 15 is 0 Å². The summed E-state index contributed by atoms with van der Waals surface area (Å²) in [7, 11) is 0. The SMILES string of the molecule is Cc1cc(/C=C2\CC(=O)NC2=O)ccc1OCc1csc(C2CCN(CC(C)(C)O)CC2)n1. The maximum absolute atomic E-state index is 11.7. The first kappa shape index (κ1) is 23.6. The monoisotopic (exact) mass is 469 g/mol. The molecule has 2 aliphatic heterocycles. The van der Waals surface area contributed by atoms with E-state index in [0.29, 0.717) is 24.6 Å². The van der Waals surface area contributed by atoms with Crippen LogP contribution in [0.25, 0.3) is 6.08 Å². The van der Waals surface area contributed by atoms with Crippen LogP contribution in [0.4, 0.5) is 0 Å². The van der Waals surface area contributed by atoms with E-state index in [1.165, 1.54) is 5.01 Å². The number of carbonyl (C=O) groups is 2. The van der Waals surface area contributed by atoms with E-state index < -0.39 is 5.60 Å². The van der Waals surface area contributed by atoms with Gasteiger partial charge in [0.05, 0.1) is 22.7 Å². The van der Waals surface area contributed by atoms with Gasteiger partial charge in [-0.25, -0.2) is 4.98 Å². The average molecular weight is 470 g/mol. The Hall–Kier alpha value is -2.55. The topological polar surface area (TPSA) is 91.8 Å².